The van der Waals surface area contributed by atoms with Gasteiger partial charge < -0.3 is 0 Å². The molecule has 8 aromatic rings. The lowest BCUT2D eigenvalue weighted by Gasteiger charge is -2.11. The first-order valence-corrected chi connectivity index (χ1v) is 26.8. The summed E-state index contributed by atoms with van der Waals surface area (Å²) in [4.78, 5) is 0. The Kier molecular flexibility index (Phi) is 36.8. The standard InChI is InChI=1S/4C9H14N.2C8H12N.C7H10N.C6H8N/c1-9(2,3)10-7-5-4-6-8-10;1-9(2)8-10-6-4-3-5-7-10;1-3-9(2)10-7-5-4-6-8-10;1-2-3-7-10-8-5-4-6-9-10;1-8(2)9-6-4-3-5-7-9;1-2-6-9-7-4-3-5-8-9;1-2-8-6-4-3-5-7-8;1-7-5-3-2-4-6-7/h4-8H,1-3H3;3-7,9H,8H2,1-2H3;4-9H,3H2,1-2H3;4-6,8-9H,2-3,7H2,1H3;3-8H,1-2H3;3-5,7-8H,2,6H2,1H3;3-7H,2H2,1H3;2-6H,1H3/q8*+1. The summed E-state index contributed by atoms with van der Waals surface area (Å²) < 4.78 is 17.3. The predicted molar refractivity (Wildman–Crippen MR) is 300 cm³/mol. The van der Waals surface area contributed by atoms with Gasteiger partial charge in [-0.15, -0.1) is 0 Å². The average molecular weight is 992 g/mol. The molecular formula is C65H98N8+8. The summed E-state index contributed by atoms with van der Waals surface area (Å²) in [6.07, 6.45) is 38.1. The van der Waals surface area contributed by atoms with E-state index in [1.165, 1.54) is 25.7 Å². The molecule has 8 aromatic heterocycles. The van der Waals surface area contributed by atoms with Crippen LogP contribution in [0, 0.1) is 5.92 Å². The molecule has 0 aromatic carbocycles. The molecule has 8 nitrogen and oxygen atoms in total. The minimum Gasteiger partial charge on any atom is -0.208 e. The fourth-order valence-corrected chi connectivity index (χ4v) is 6.39. The molecule has 8 rings (SSSR count). The smallest absolute Gasteiger partial charge is 0.169 e. The molecule has 0 aliphatic heterocycles. The Bertz CT molecular complexity index is 2370. The van der Waals surface area contributed by atoms with Crippen LogP contribution >= 0.6 is 0 Å². The molecule has 1 atom stereocenters. The van der Waals surface area contributed by atoms with Crippen molar-refractivity contribution in [1.29, 1.82) is 0 Å². The molecule has 390 valence electrons. The lowest BCUT2D eigenvalue weighted by atomic mass is 10.1. The number of pyridine rings is 8. The van der Waals surface area contributed by atoms with Gasteiger partial charge in [0, 0.05) is 143 Å². The summed E-state index contributed by atoms with van der Waals surface area (Å²) in [5.41, 5.74) is 0.210. The Labute approximate surface area is 444 Å². The van der Waals surface area contributed by atoms with E-state index in [9.17, 15) is 0 Å². The molecule has 0 saturated heterocycles. The molecule has 0 spiro atoms. The topological polar surface area (TPSA) is 31.0 Å². The quantitative estimate of drug-likeness (QED) is 0.116. The van der Waals surface area contributed by atoms with E-state index < -0.39 is 0 Å². The largest absolute Gasteiger partial charge is 0.208 e. The molecule has 0 N–H and O–H groups in total. The van der Waals surface area contributed by atoms with Crippen LogP contribution in [-0.2, 0) is 38.8 Å². The molecule has 0 radical (unpaired) electrons. The molecule has 0 bridgehead atoms. The number of hydrogen-bond donors (Lipinski definition) is 0. The maximum atomic E-state index is 2.22. The first-order valence-electron chi connectivity index (χ1n) is 26.8. The summed E-state index contributed by atoms with van der Waals surface area (Å²) in [6.45, 7) is 30.7. The number of nitrogens with zero attached hydrogens (tertiary/aromatic N) is 8. The van der Waals surface area contributed by atoms with E-state index >= 15 is 0 Å². The number of unbranched alkanes of at least 4 members (excludes halogenated alkanes) is 1. The second-order valence-corrected chi connectivity index (χ2v) is 19.2. The first kappa shape index (κ1) is 64.2. The fraction of sp³-hybridized carbons (Fsp3) is 0.385. The minimum absolute atomic E-state index is 0.210. The van der Waals surface area contributed by atoms with Crippen molar-refractivity contribution < 1.29 is 36.5 Å². The third-order valence-corrected chi connectivity index (χ3v) is 10.8. The molecule has 73 heavy (non-hydrogen) atoms. The zero-order chi connectivity index (χ0) is 53.8. The van der Waals surface area contributed by atoms with Gasteiger partial charge in [-0.25, -0.2) is 36.5 Å². The second-order valence-electron chi connectivity index (χ2n) is 19.2. The average Bonchev–Trinajstić information content (AvgIpc) is 3.43. The number of rotatable bonds is 11. The highest BCUT2D eigenvalue weighted by atomic mass is 15.0. The molecular weight excluding hydrogens is 893 g/mol. The lowest BCUT2D eigenvalue weighted by molar-refractivity contribution is -0.754. The minimum atomic E-state index is 0.210. The van der Waals surface area contributed by atoms with Gasteiger partial charge in [-0.05, 0) is 27.7 Å². The first-order chi connectivity index (χ1) is 35.2. The highest BCUT2D eigenvalue weighted by Crippen LogP contribution is 2.01. The zero-order valence-electron chi connectivity index (χ0n) is 47.6. The number of aryl methyl sites for hydroxylation is 4. The molecule has 0 aliphatic rings. The van der Waals surface area contributed by atoms with Crippen molar-refractivity contribution in [3.05, 3.63) is 245 Å². The van der Waals surface area contributed by atoms with Crippen molar-refractivity contribution in [1.82, 2.24) is 0 Å². The lowest BCUT2D eigenvalue weighted by Crippen LogP contribution is -2.49. The van der Waals surface area contributed by atoms with Crippen molar-refractivity contribution in [2.45, 2.75) is 153 Å². The third-order valence-electron chi connectivity index (χ3n) is 10.8. The van der Waals surface area contributed by atoms with Gasteiger partial charge in [0.1, 0.15) is 26.7 Å². The van der Waals surface area contributed by atoms with Crippen LogP contribution in [0.15, 0.2) is 245 Å². The number of aromatic nitrogens is 8. The highest BCUT2D eigenvalue weighted by Gasteiger charge is 2.19. The zero-order valence-corrected chi connectivity index (χ0v) is 47.6. The molecule has 8 heteroatoms. The molecule has 1 unspecified atom stereocenters. The third kappa shape index (κ3) is 35.0. The van der Waals surface area contributed by atoms with Gasteiger partial charge >= 0.3 is 0 Å². The summed E-state index contributed by atoms with van der Waals surface area (Å²) in [5.74, 6) is 0.729. The van der Waals surface area contributed by atoms with Gasteiger partial charge in [0.2, 0.25) is 0 Å². The van der Waals surface area contributed by atoms with E-state index in [0.717, 1.165) is 32.1 Å². The summed E-state index contributed by atoms with van der Waals surface area (Å²) >= 11 is 0. The van der Waals surface area contributed by atoms with Crippen LogP contribution in [0.2, 0.25) is 0 Å². The SMILES string of the molecule is CC(C)(C)[n+]1ccccc1.CC(C)C[n+]1ccccc1.CC(C)[n+]1ccccc1.CCC(C)[n+]1ccccc1.CCCC[n+]1ccccc1.CCC[n+]1ccccc1.CC[n+]1ccccc1.C[n+]1ccccc1. The number of hydrogen-bond acceptors (Lipinski definition) is 0. The Balaban J connectivity index is 0.000000418. The van der Waals surface area contributed by atoms with Crippen molar-refractivity contribution in [2.75, 3.05) is 0 Å². The van der Waals surface area contributed by atoms with E-state index in [1.54, 1.807) is 0 Å². The summed E-state index contributed by atoms with van der Waals surface area (Å²) in [5, 5.41) is 0. The molecule has 0 fully saturated rings. The monoisotopic (exact) mass is 991 g/mol. The summed E-state index contributed by atoms with van der Waals surface area (Å²) in [7, 11) is 2.00. The van der Waals surface area contributed by atoms with E-state index in [2.05, 4.69) is 250 Å². The Hall–Kier alpha value is -6.80. The normalized spacial score (nSPS) is 10.3. The molecule has 0 amide bonds. The van der Waals surface area contributed by atoms with Crippen molar-refractivity contribution in [2.24, 2.45) is 13.0 Å². The molecule has 8 heterocycles. The van der Waals surface area contributed by atoms with E-state index in [1.807, 2.05) is 121 Å². The van der Waals surface area contributed by atoms with Crippen LogP contribution in [0.3, 0.4) is 0 Å². The molecule has 0 aliphatic carbocycles. The maximum Gasteiger partial charge on any atom is 0.169 e. The van der Waals surface area contributed by atoms with Crippen molar-refractivity contribution in [3.63, 3.8) is 0 Å². The van der Waals surface area contributed by atoms with E-state index in [0.29, 0.717) is 12.1 Å². The Morgan fingerprint density at radius 2 is 0.699 bits per heavy atom. The van der Waals surface area contributed by atoms with Gasteiger partial charge in [-0.2, -0.15) is 0 Å². The van der Waals surface area contributed by atoms with Gasteiger partial charge in [-0.1, -0.05) is 89.6 Å². The van der Waals surface area contributed by atoms with Gasteiger partial charge in [0.05, 0.1) is 0 Å². The highest BCUT2D eigenvalue weighted by molar-refractivity contribution is 4.88. The van der Waals surface area contributed by atoms with Crippen LogP contribution in [0.25, 0.3) is 0 Å². The molecule has 0 saturated carbocycles. The van der Waals surface area contributed by atoms with Gasteiger partial charge in [0.15, 0.2) is 123 Å². The van der Waals surface area contributed by atoms with Crippen molar-refractivity contribution >= 4 is 0 Å². The van der Waals surface area contributed by atoms with Gasteiger partial charge in [-0.3, -0.25) is 0 Å². The summed E-state index contributed by atoms with van der Waals surface area (Å²) in [6, 6.07) is 50.1. The second kappa shape index (κ2) is 41.8. The van der Waals surface area contributed by atoms with Crippen LogP contribution < -0.4 is 36.5 Å². The maximum absolute atomic E-state index is 2.22. The van der Waals surface area contributed by atoms with Crippen LogP contribution in [-0.4, -0.2) is 0 Å². The Morgan fingerprint density at radius 3 is 0.973 bits per heavy atom. The van der Waals surface area contributed by atoms with E-state index in [-0.39, 0.29) is 5.54 Å². The van der Waals surface area contributed by atoms with Gasteiger partial charge in [0.25, 0.3) is 0 Å². The van der Waals surface area contributed by atoms with Crippen LogP contribution in [0.5, 0.6) is 0 Å². The van der Waals surface area contributed by atoms with Crippen LogP contribution in [0.4, 0.5) is 0 Å². The van der Waals surface area contributed by atoms with Crippen LogP contribution in [0.1, 0.15) is 121 Å². The predicted octanol–water partition coefficient (Wildman–Crippen LogP) is 11.5. The van der Waals surface area contributed by atoms with Crippen molar-refractivity contribution in [3.8, 4) is 0 Å². The Morgan fingerprint density at radius 1 is 0.356 bits per heavy atom. The van der Waals surface area contributed by atoms with E-state index in [4.69, 9.17) is 0 Å². The fourth-order valence-electron chi connectivity index (χ4n) is 6.39.